The average molecular weight is 220 g/mol. The van der Waals surface area contributed by atoms with Crippen molar-refractivity contribution >= 4 is 21.6 Å². The van der Waals surface area contributed by atoms with Crippen molar-refractivity contribution in [3.05, 3.63) is 35.4 Å². The summed E-state index contributed by atoms with van der Waals surface area (Å²) in [6.45, 7) is 2.82. The van der Waals surface area contributed by atoms with E-state index in [2.05, 4.69) is 40.6 Å². The second kappa shape index (κ2) is 4.27. The van der Waals surface area contributed by atoms with Gasteiger partial charge in [-0.25, -0.2) is 0 Å². The molecule has 0 aliphatic carbocycles. The molecule has 5 heteroatoms. The maximum Gasteiger partial charge on any atom is 0.207 e. The Morgan fingerprint density at radius 1 is 1.40 bits per heavy atom. The van der Waals surface area contributed by atoms with E-state index in [9.17, 15) is 0 Å². The van der Waals surface area contributed by atoms with Crippen LogP contribution in [0.4, 0.5) is 10.3 Å². The van der Waals surface area contributed by atoms with Gasteiger partial charge in [-0.05, 0) is 12.5 Å². The topological polar surface area (TPSA) is 63.8 Å². The van der Waals surface area contributed by atoms with Gasteiger partial charge in [0.15, 0.2) is 0 Å². The Labute approximate surface area is 92.2 Å². The monoisotopic (exact) mass is 220 g/mol. The molecule has 0 spiro atoms. The van der Waals surface area contributed by atoms with E-state index in [1.165, 1.54) is 22.5 Å². The van der Waals surface area contributed by atoms with Gasteiger partial charge in [-0.15, -0.1) is 10.2 Å². The van der Waals surface area contributed by atoms with Crippen LogP contribution in [0.2, 0.25) is 0 Å². The summed E-state index contributed by atoms with van der Waals surface area (Å²) in [6, 6.07) is 8.33. The first-order valence-electron chi connectivity index (χ1n) is 4.62. The lowest BCUT2D eigenvalue weighted by molar-refractivity contribution is 1.05. The zero-order chi connectivity index (χ0) is 10.7. The van der Waals surface area contributed by atoms with Gasteiger partial charge in [-0.1, -0.05) is 41.2 Å². The molecule has 0 aliphatic heterocycles. The van der Waals surface area contributed by atoms with Gasteiger partial charge in [0.25, 0.3) is 0 Å². The van der Waals surface area contributed by atoms with Crippen molar-refractivity contribution in [3.8, 4) is 0 Å². The molecule has 0 atom stereocenters. The van der Waals surface area contributed by atoms with Crippen molar-refractivity contribution in [1.82, 2.24) is 10.2 Å². The van der Waals surface area contributed by atoms with E-state index in [0.29, 0.717) is 5.13 Å². The fourth-order valence-electron chi connectivity index (χ4n) is 1.31. The third kappa shape index (κ3) is 2.66. The van der Waals surface area contributed by atoms with Crippen LogP contribution in [0, 0.1) is 6.92 Å². The minimum atomic E-state index is 0.488. The van der Waals surface area contributed by atoms with E-state index in [1.807, 2.05) is 6.07 Å². The fraction of sp³-hybridized carbons (Fsp3) is 0.200. The predicted octanol–water partition coefficient (Wildman–Crippen LogP) is 2.04. The van der Waals surface area contributed by atoms with Crippen LogP contribution in [0.1, 0.15) is 11.1 Å². The molecular formula is C10H12N4S. The molecule has 0 amide bonds. The molecule has 0 unspecified atom stereocenters. The summed E-state index contributed by atoms with van der Waals surface area (Å²) in [4.78, 5) is 0. The predicted molar refractivity (Wildman–Crippen MR) is 62.8 cm³/mol. The number of hydrogen-bond acceptors (Lipinski definition) is 5. The lowest BCUT2D eigenvalue weighted by Crippen LogP contribution is -1.98. The summed E-state index contributed by atoms with van der Waals surface area (Å²) in [5, 5.41) is 12.0. The molecule has 0 saturated heterocycles. The average Bonchev–Trinajstić information content (AvgIpc) is 2.62. The van der Waals surface area contributed by atoms with Gasteiger partial charge in [-0.3, -0.25) is 0 Å². The molecule has 0 fully saturated rings. The molecule has 4 nitrogen and oxygen atoms in total. The smallest absolute Gasteiger partial charge is 0.207 e. The molecule has 1 heterocycles. The van der Waals surface area contributed by atoms with Crippen LogP contribution in [0.5, 0.6) is 0 Å². The third-order valence-corrected chi connectivity index (χ3v) is 2.68. The zero-order valence-electron chi connectivity index (χ0n) is 8.40. The molecule has 0 radical (unpaired) electrons. The van der Waals surface area contributed by atoms with Gasteiger partial charge in [0.2, 0.25) is 10.3 Å². The summed E-state index contributed by atoms with van der Waals surface area (Å²) >= 11 is 1.36. The Hall–Kier alpha value is -1.62. The van der Waals surface area contributed by atoms with Crippen LogP contribution in [0.15, 0.2) is 24.3 Å². The van der Waals surface area contributed by atoms with Crippen molar-refractivity contribution in [2.24, 2.45) is 0 Å². The lowest BCUT2D eigenvalue weighted by Gasteiger charge is -2.02. The fourth-order valence-corrected chi connectivity index (χ4v) is 1.81. The van der Waals surface area contributed by atoms with Crippen LogP contribution in [-0.2, 0) is 6.54 Å². The van der Waals surface area contributed by atoms with E-state index in [0.717, 1.165) is 11.7 Å². The summed E-state index contributed by atoms with van der Waals surface area (Å²) in [5.74, 6) is 0. The lowest BCUT2D eigenvalue weighted by atomic mass is 10.1. The number of nitrogens with two attached hydrogens (primary N) is 1. The number of aryl methyl sites for hydroxylation is 1. The number of anilines is 2. The van der Waals surface area contributed by atoms with Crippen LogP contribution in [0.25, 0.3) is 0 Å². The van der Waals surface area contributed by atoms with E-state index in [-0.39, 0.29) is 0 Å². The number of hydrogen-bond donors (Lipinski definition) is 2. The Kier molecular flexibility index (Phi) is 2.82. The first-order valence-corrected chi connectivity index (χ1v) is 5.44. The summed E-state index contributed by atoms with van der Waals surface area (Å²) in [6.07, 6.45) is 0. The molecule has 3 N–H and O–H groups in total. The normalized spacial score (nSPS) is 10.2. The largest absolute Gasteiger partial charge is 0.374 e. The highest BCUT2D eigenvalue weighted by Crippen LogP contribution is 2.17. The van der Waals surface area contributed by atoms with Gasteiger partial charge in [0.1, 0.15) is 0 Å². The van der Waals surface area contributed by atoms with Crippen LogP contribution in [-0.4, -0.2) is 10.2 Å². The van der Waals surface area contributed by atoms with E-state index in [1.54, 1.807) is 0 Å². The molecule has 2 aromatic rings. The number of aromatic nitrogens is 2. The number of nitrogens with one attached hydrogen (secondary N) is 1. The second-order valence-electron chi connectivity index (χ2n) is 3.29. The number of nitrogens with zero attached hydrogens (tertiary/aromatic N) is 2. The minimum Gasteiger partial charge on any atom is -0.374 e. The van der Waals surface area contributed by atoms with E-state index >= 15 is 0 Å². The molecule has 0 saturated carbocycles. The Morgan fingerprint density at radius 2 is 2.27 bits per heavy atom. The molecule has 1 aromatic heterocycles. The van der Waals surface area contributed by atoms with E-state index < -0.39 is 0 Å². The van der Waals surface area contributed by atoms with Crippen molar-refractivity contribution in [1.29, 1.82) is 0 Å². The van der Waals surface area contributed by atoms with Crippen molar-refractivity contribution < 1.29 is 0 Å². The Morgan fingerprint density at radius 3 is 2.93 bits per heavy atom. The summed E-state index contributed by atoms with van der Waals surface area (Å²) in [7, 11) is 0. The highest BCUT2D eigenvalue weighted by molar-refractivity contribution is 7.18. The van der Waals surface area contributed by atoms with Gasteiger partial charge in [0, 0.05) is 6.54 Å². The van der Waals surface area contributed by atoms with Gasteiger partial charge in [0.05, 0.1) is 0 Å². The molecule has 78 valence electrons. The van der Waals surface area contributed by atoms with Crippen molar-refractivity contribution in [3.63, 3.8) is 0 Å². The maximum atomic E-state index is 5.48. The number of benzene rings is 1. The molecule has 0 bridgehead atoms. The number of nitrogen functional groups attached to an aromatic ring is 1. The zero-order valence-corrected chi connectivity index (χ0v) is 9.21. The summed E-state index contributed by atoms with van der Waals surface area (Å²) in [5.41, 5.74) is 7.96. The molecule has 15 heavy (non-hydrogen) atoms. The Balaban J connectivity index is 1.99. The quantitative estimate of drug-likeness (QED) is 0.830. The molecule has 0 aliphatic rings. The molecule has 2 rings (SSSR count). The van der Waals surface area contributed by atoms with Crippen molar-refractivity contribution in [2.75, 3.05) is 11.1 Å². The first-order chi connectivity index (χ1) is 7.24. The highest BCUT2D eigenvalue weighted by atomic mass is 32.1. The van der Waals surface area contributed by atoms with Gasteiger partial charge >= 0.3 is 0 Å². The first kappa shape index (κ1) is 9.92. The summed E-state index contributed by atoms with van der Waals surface area (Å²) < 4.78 is 0. The maximum absolute atomic E-state index is 5.48. The van der Waals surface area contributed by atoms with Gasteiger partial charge < -0.3 is 11.1 Å². The second-order valence-corrected chi connectivity index (χ2v) is 4.30. The molecular weight excluding hydrogens is 208 g/mol. The third-order valence-electron chi connectivity index (χ3n) is 1.97. The highest BCUT2D eigenvalue weighted by Gasteiger charge is 1.99. The van der Waals surface area contributed by atoms with E-state index in [4.69, 9.17) is 5.73 Å². The molecule has 1 aromatic carbocycles. The van der Waals surface area contributed by atoms with Crippen LogP contribution in [0.3, 0.4) is 0 Å². The minimum absolute atomic E-state index is 0.488. The Bertz CT molecular complexity index is 452. The standard InChI is InChI=1S/C10H12N4S/c1-7-3-2-4-8(5-7)6-12-10-14-13-9(11)15-10/h2-5H,6H2,1H3,(H2,11,13)(H,12,14). The van der Waals surface area contributed by atoms with Crippen LogP contribution >= 0.6 is 11.3 Å². The van der Waals surface area contributed by atoms with Crippen LogP contribution < -0.4 is 11.1 Å². The SMILES string of the molecule is Cc1cccc(CNc2nnc(N)s2)c1. The van der Waals surface area contributed by atoms with Crippen molar-refractivity contribution in [2.45, 2.75) is 13.5 Å². The van der Waals surface area contributed by atoms with Gasteiger partial charge in [-0.2, -0.15) is 0 Å². The number of rotatable bonds is 3.